The quantitative estimate of drug-likeness (QED) is 0.238. The van der Waals surface area contributed by atoms with E-state index in [2.05, 4.69) is 0 Å². The summed E-state index contributed by atoms with van der Waals surface area (Å²) in [6.07, 6.45) is 0. The molecule has 0 bridgehead atoms. The number of hydrogen-bond donors (Lipinski definition) is 0. The largest absolute Gasteiger partial charge is 4.00 e. The van der Waals surface area contributed by atoms with Gasteiger partial charge in [-0.1, -0.05) is 0 Å². The molecule has 48 valence electrons. The van der Waals surface area contributed by atoms with Crippen LogP contribution >= 0.6 is 0 Å². The van der Waals surface area contributed by atoms with E-state index in [0.717, 1.165) is 0 Å². The van der Waals surface area contributed by atoms with E-state index in [4.69, 9.17) is 0 Å². The first kappa shape index (κ1) is 74.0. The Hall–Kier alpha value is 5.07. The minimum absolute atomic E-state index is 0. The Morgan fingerprint density at radius 1 is 0.375 bits per heavy atom. The fourth-order valence-electron chi connectivity index (χ4n) is 0. The van der Waals surface area contributed by atoms with Crippen molar-refractivity contribution >= 4 is 45.5 Å². The summed E-state index contributed by atoms with van der Waals surface area (Å²) in [4.78, 5) is 0. The maximum atomic E-state index is 0. The van der Waals surface area contributed by atoms with Crippen molar-refractivity contribution in [2.75, 3.05) is 0 Å². The van der Waals surface area contributed by atoms with E-state index in [1.807, 2.05) is 0 Å². The normalized spacial score (nSPS) is 0. The smallest absolute Gasteiger partial charge is 1.00 e. The van der Waals surface area contributed by atoms with Gasteiger partial charge in [-0.15, -0.1) is 0 Å². The predicted octanol–water partition coefficient (Wildman–Crippen LogP) is -18.4. The van der Waals surface area contributed by atoms with Crippen LogP contribution in [0.5, 0.6) is 0 Å². The van der Waals surface area contributed by atoms with Crippen LogP contribution in [0.3, 0.4) is 0 Å². The molecule has 0 aromatic carbocycles. The van der Waals surface area contributed by atoms with E-state index >= 15 is 0 Å². The minimum atomic E-state index is 0. The van der Waals surface area contributed by atoms with Gasteiger partial charge in [0, 0.05) is 0 Å². The Balaban J connectivity index is 0. The molecule has 0 heterocycles. The van der Waals surface area contributed by atoms with Crippen LogP contribution in [0.1, 0.15) is 0 Å². The Morgan fingerprint density at radius 3 is 0.375 bits per heavy atom. The molecule has 0 spiro atoms. The van der Waals surface area contributed by atoms with E-state index in [1.54, 1.807) is 0 Å². The zero-order chi connectivity index (χ0) is 0. The second-order valence-corrected chi connectivity index (χ2v) is 0. The van der Waals surface area contributed by atoms with Crippen molar-refractivity contribution in [3.05, 3.63) is 0 Å². The minimum Gasteiger partial charge on any atom is -1.00 e. The summed E-state index contributed by atoms with van der Waals surface area (Å²) in [6, 6.07) is 0. The molecule has 0 saturated heterocycles. The molecule has 0 atom stereocenters. The molecule has 0 aliphatic heterocycles. The fraction of sp³-hybridized carbons (Fsp3) is 0. The Labute approximate surface area is 165 Å². The SMILES string of the molecule is [Br-].[Br-].[Br-].[Br-].[Br-].[Br-].[Sr+2].[Ti+4]. The maximum absolute atomic E-state index is 0. The third-order valence-electron chi connectivity index (χ3n) is 0. The summed E-state index contributed by atoms with van der Waals surface area (Å²) in [6.45, 7) is 0. The average molecular weight is 615 g/mol. The molecule has 0 aliphatic carbocycles. The van der Waals surface area contributed by atoms with E-state index in [0.29, 0.717) is 0 Å². The second kappa shape index (κ2) is 57.5. The van der Waals surface area contributed by atoms with Crippen molar-refractivity contribution < 1.29 is 124 Å². The standard InChI is InChI=1S/6BrH.Sr.Ti/h6*1H;;/q;;;;;;+2;+4/p-6. The van der Waals surface area contributed by atoms with Gasteiger partial charge in [0.1, 0.15) is 0 Å². The first-order chi connectivity index (χ1) is 0. The van der Waals surface area contributed by atoms with Crippen LogP contribution in [0.25, 0.3) is 0 Å². The molecule has 0 radical (unpaired) electrons. The molecule has 0 unspecified atom stereocenters. The van der Waals surface area contributed by atoms with E-state index < -0.39 is 0 Å². The molecule has 0 aliphatic rings. The van der Waals surface area contributed by atoms with Gasteiger partial charge in [-0.3, -0.25) is 0 Å². The summed E-state index contributed by atoms with van der Waals surface area (Å²) in [7, 11) is 0. The van der Waals surface area contributed by atoms with Gasteiger partial charge >= 0.3 is 67.2 Å². The van der Waals surface area contributed by atoms with Crippen LogP contribution in [0, 0.1) is 0 Å². The van der Waals surface area contributed by atoms with Crippen LogP contribution < -0.4 is 102 Å². The summed E-state index contributed by atoms with van der Waals surface area (Å²) in [5, 5.41) is 0. The van der Waals surface area contributed by atoms with Crippen molar-refractivity contribution in [1.29, 1.82) is 0 Å². The summed E-state index contributed by atoms with van der Waals surface area (Å²) in [5.41, 5.74) is 0. The molecule has 0 aromatic rings. The number of halogens is 6. The molecule has 0 N–H and O–H groups in total. The molecule has 0 rings (SSSR count). The van der Waals surface area contributed by atoms with Gasteiger partial charge in [0.05, 0.1) is 0 Å². The van der Waals surface area contributed by atoms with Gasteiger partial charge < -0.3 is 102 Å². The van der Waals surface area contributed by atoms with Gasteiger partial charge in [-0.25, -0.2) is 0 Å². The molecule has 0 saturated carbocycles. The monoisotopic (exact) mass is 609 g/mol. The number of hydrogen-bond acceptors (Lipinski definition) is 0. The first-order valence-corrected chi connectivity index (χ1v) is 0. The van der Waals surface area contributed by atoms with Gasteiger partial charge in [-0.2, -0.15) is 0 Å². The summed E-state index contributed by atoms with van der Waals surface area (Å²) >= 11 is 0. The summed E-state index contributed by atoms with van der Waals surface area (Å²) < 4.78 is 0. The zero-order valence-corrected chi connectivity index (χ0v) is 18.0. The first-order valence-electron chi connectivity index (χ1n) is 0. The maximum Gasteiger partial charge on any atom is 4.00 e. The van der Waals surface area contributed by atoms with Gasteiger partial charge in [0.25, 0.3) is 0 Å². The van der Waals surface area contributed by atoms with Gasteiger partial charge in [0.2, 0.25) is 0 Å². The van der Waals surface area contributed by atoms with E-state index in [9.17, 15) is 0 Å². The number of rotatable bonds is 0. The molecule has 0 fully saturated rings. The Bertz CT molecular complexity index is 8.49. The van der Waals surface area contributed by atoms with Crippen molar-refractivity contribution in [3.63, 3.8) is 0 Å². The summed E-state index contributed by atoms with van der Waals surface area (Å²) in [5.74, 6) is 0. The molecule has 0 nitrogen and oxygen atoms in total. The van der Waals surface area contributed by atoms with Crippen molar-refractivity contribution in [2.45, 2.75) is 0 Å². The van der Waals surface area contributed by atoms with Crippen molar-refractivity contribution in [3.8, 4) is 0 Å². The van der Waals surface area contributed by atoms with Crippen LogP contribution in [-0.4, -0.2) is 45.5 Å². The predicted molar refractivity (Wildman–Crippen MR) is 5.75 cm³/mol. The zero-order valence-electron chi connectivity index (χ0n) is 3.47. The van der Waals surface area contributed by atoms with Gasteiger partial charge in [0.15, 0.2) is 0 Å². The Kier molecular flexibility index (Phi) is 532. The molecular formula is Br6SrTi. The van der Waals surface area contributed by atoms with Crippen LogP contribution in [0.2, 0.25) is 0 Å². The van der Waals surface area contributed by atoms with Gasteiger partial charge in [-0.05, 0) is 0 Å². The van der Waals surface area contributed by atoms with Crippen molar-refractivity contribution in [1.82, 2.24) is 0 Å². The third-order valence-corrected chi connectivity index (χ3v) is 0. The second-order valence-electron chi connectivity index (χ2n) is 0. The molecule has 8 heteroatoms. The average Bonchev–Trinajstić information content (AvgIpc) is 0. The van der Waals surface area contributed by atoms with Crippen LogP contribution in [0.4, 0.5) is 0 Å². The topological polar surface area (TPSA) is 0 Å². The van der Waals surface area contributed by atoms with Crippen LogP contribution in [0.15, 0.2) is 0 Å². The fourth-order valence-corrected chi connectivity index (χ4v) is 0. The molecular weight excluding hydrogens is 615 g/mol. The third kappa shape index (κ3) is 43.6. The van der Waals surface area contributed by atoms with Crippen LogP contribution in [-0.2, 0) is 21.7 Å². The molecule has 0 aromatic heterocycles. The van der Waals surface area contributed by atoms with Crippen molar-refractivity contribution in [2.24, 2.45) is 0 Å². The van der Waals surface area contributed by atoms with E-state index in [1.165, 1.54) is 0 Å². The Morgan fingerprint density at radius 2 is 0.375 bits per heavy atom. The van der Waals surface area contributed by atoms with E-state index in [-0.39, 0.29) is 169 Å². The molecule has 0 amide bonds. The molecule has 8 heavy (non-hydrogen) atoms.